The zero-order valence-corrected chi connectivity index (χ0v) is 17.3. The molecule has 6 nitrogen and oxygen atoms in total. The molecule has 1 fully saturated rings. The van der Waals surface area contributed by atoms with Crippen LogP contribution in [0.2, 0.25) is 0 Å². The first-order chi connectivity index (χ1) is 14.3. The Morgan fingerprint density at radius 3 is 2.48 bits per heavy atom. The van der Waals surface area contributed by atoms with E-state index in [1.807, 2.05) is 18.2 Å². The Morgan fingerprint density at radius 2 is 1.72 bits per heavy atom. The molecule has 1 aliphatic rings. The Labute approximate surface area is 173 Å². The van der Waals surface area contributed by atoms with E-state index >= 15 is 0 Å². The molecule has 3 rings (SSSR count). The van der Waals surface area contributed by atoms with Crippen LogP contribution in [-0.4, -0.2) is 57.4 Å². The predicted molar refractivity (Wildman–Crippen MR) is 117 cm³/mol. The van der Waals surface area contributed by atoms with Crippen molar-refractivity contribution < 1.29 is 9.47 Å². The summed E-state index contributed by atoms with van der Waals surface area (Å²) in [5.41, 5.74) is 3.83. The van der Waals surface area contributed by atoms with Crippen LogP contribution in [0.5, 0.6) is 0 Å². The van der Waals surface area contributed by atoms with Crippen LogP contribution in [0.15, 0.2) is 59.6 Å². The second-order valence-corrected chi connectivity index (χ2v) is 7.05. The van der Waals surface area contributed by atoms with Gasteiger partial charge in [-0.25, -0.2) is 0 Å². The summed E-state index contributed by atoms with van der Waals surface area (Å²) < 4.78 is 11.2. The molecule has 1 aliphatic heterocycles. The maximum atomic E-state index is 5.72. The van der Waals surface area contributed by atoms with Gasteiger partial charge in [0.05, 0.1) is 26.4 Å². The first-order valence-corrected chi connectivity index (χ1v) is 10.3. The Kier molecular flexibility index (Phi) is 8.97. The van der Waals surface area contributed by atoms with E-state index < -0.39 is 0 Å². The van der Waals surface area contributed by atoms with E-state index in [2.05, 4.69) is 56.9 Å². The lowest BCUT2D eigenvalue weighted by Gasteiger charge is -2.27. The van der Waals surface area contributed by atoms with Crippen molar-refractivity contribution in [3.8, 4) is 0 Å². The Hall–Kier alpha value is -2.41. The minimum atomic E-state index is 0.628. The highest BCUT2D eigenvalue weighted by atomic mass is 16.5. The summed E-state index contributed by atoms with van der Waals surface area (Å²) in [5, 5.41) is 6.73. The molecule has 0 spiro atoms. The quantitative estimate of drug-likeness (QED) is 0.387. The average molecular weight is 397 g/mol. The number of aliphatic imine (C=N–C) groups is 1. The molecule has 0 atom stereocenters. The number of morpholine rings is 1. The van der Waals surface area contributed by atoms with Gasteiger partial charge >= 0.3 is 0 Å². The van der Waals surface area contributed by atoms with Gasteiger partial charge in [0, 0.05) is 39.8 Å². The van der Waals surface area contributed by atoms with E-state index in [9.17, 15) is 0 Å². The van der Waals surface area contributed by atoms with Gasteiger partial charge in [-0.1, -0.05) is 54.6 Å². The molecular weight excluding hydrogens is 364 g/mol. The zero-order chi connectivity index (χ0) is 20.2. The molecule has 1 saturated heterocycles. The maximum absolute atomic E-state index is 5.72. The van der Waals surface area contributed by atoms with Crippen molar-refractivity contribution in [3.05, 3.63) is 71.3 Å². The molecule has 0 unspecified atom stereocenters. The van der Waals surface area contributed by atoms with Crippen LogP contribution in [0, 0.1) is 0 Å². The summed E-state index contributed by atoms with van der Waals surface area (Å²) >= 11 is 0. The lowest BCUT2D eigenvalue weighted by molar-refractivity contribution is 0.0341. The normalized spacial score (nSPS) is 15.3. The maximum Gasteiger partial charge on any atom is 0.191 e. The highest BCUT2D eigenvalue weighted by molar-refractivity contribution is 5.79. The van der Waals surface area contributed by atoms with Crippen LogP contribution >= 0.6 is 0 Å². The van der Waals surface area contributed by atoms with Gasteiger partial charge in [-0.3, -0.25) is 9.89 Å². The number of benzene rings is 2. The molecule has 0 amide bonds. The first kappa shape index (κ1) is 21.3. The predicted octanol–water partition coefficient (Wildman–Crippen LogP) is 2.40. The third-order valence-corrected chi connectivity index (χ3v) is 4.94. The lowest BCUT2D eigenvalue weighted by Crippen LogP contribution is -2.39. The molecule has 0 radical (unpaired) electrons. The molecule has 0 bridgehead atoms. The second kappa shape index (κ2) is 12.2. The fourth-order valence-corrected chi connectivity index (χ4v) is 3.29. The van der Waals surface area contributed by atoms with Crippen LogP contribution in [0.3, 0.4) is 0 Å². The number of guanidine groups is 1. The topological polar surface area (TPSA) is 58.1 Å². The number of rotatable bonds is 9. The molecule has 1 heterocycles. The summed E-state index contributed by atoms with van der Waals surface area (Å²) in [5.74, 6) is 0.787. The standard InChI is InChI=1S/C23H32N4O2/c1-24-23(25-11-14-29-19-20-7-3-2-4-8-20)26-17-21-9-5-6-10-22(21)18-27-12-15-28-16-13-27/h2-10H,11-19H2,1H3,(H2,24,25,26). The van der Waals surface area contributed by atoms with Gasteiger partial charge in [0.25, 0.3) is 0 Å². The van der Waals surface area contributed by atoms with Crippen molar-refractivity contribution >= 4 is 5.96 Å². The van der Waals surface area contributed by atoms with Gasteiger partial charge in [-0.2, -0.15) is 0 Å². The highest BCUT2D eigenvalue weighted by Crippen LogP contribution is 2.13. The van der Waals surface area contributed by atoms with E-state index in [-0.39, 0.29) is 0 Å². The van der Waals surface area contributed by atoms with E-state index in [1.54, 1.807) is 7.05 Å². The molecule has 0 saturated carbocycles. The van der Waals surface area contributed by atoms with Gasteiger partial charge in [0.15, 0.2) is 5.96 Å². The molecule has 2 aromatic rings. The van der Waals surface area contributed by atoms with Crippen LogP contribution in [-0.2, 0) is 29.2 Å². The molecule has 0 aliphatic carbocycles. The summed E-state index contributed by atoms with van der Waals surface area (Å²) in [6.45, 7) is 7.30. The minimum absolute atomic E-state index is 0.628. The largest absolute Gasteiger partial charge is 0.379 e. The van der Waals surface area contributed by atoms with Crippen molar-refractivity contribution in [2.45, 2.75) is 19.7 Å². The number of hydrogen-bond donors (Lipinski definition) is 2. The van der Waals surface area contributed by atoms with Gasteiger partial charge in [0.1, 0.15) is 0 Å². The van der Waals surface area contributed by atoms with Crippen LogP contribution < -0.4 is 10.6 Å². The van der Waals surface area contributed by atoms with E-state index in [1.165, 1.54) is 16.7 Å². The number of nitrogens with zero attached hydrogens (tertiary/aromatic N) is 2. The summed E-state index contributed by atoms with van der Waals surface area (Å²) in [6.07, 6.45) is 0. The van der Waals surface area contributed by atoms with Gasteiger partial charge < -0.3 is 20.1 Å². The van der Waals surface area contributed by atoms with E-state index in [0.717, 1.165) is 45.4 Å². The van der Waals surface area contributed by atoms with Gasteiger partial charge in [-0.05, 0) is 16.7 Å². The van der Waals surface area contributed by atoms with Crippen molar-refractivity contribution in [3.63, 3.8) is 0 Å². The minimum Gasteiger partial charge on any atom is -0.379 e. The number of ether oxygens (including phenoxy) is 2. The molecular formula is C23H32N4O2. The van der Waals surface area contributed by atoms with Crippen LogP contribution in [0.25, 0.3) is 0 Å². The fraction of sp³-hybridized carbons (Fsp3) is 0.435. The van der Waals surface area contributed by atoms with Crippen molar-refractivity contribution in [2.24, 2.45) is 4.99 Å². The zero-order valence-electron chi connectivity index (χ0n) is 17.3. The van der Waals surface area contributed by atoms with Crippen molar-refractivity contribution in [1.82, 2.24) is 15.5 Å². The average Bonchev–Trinajstić information content (AvgIpc) is 2.78. The van der Waals surface area contributed by atoms with Crippen molar-refractivity contribution in [1.29, 1.82) is 0 Å². The summed E-state index contributed by atoms with van der Waals surface area (Å²) in [6, 6.07) is 18.8. The monoisotopic (exact) mass is 396 g/mol. The number of hydrogen-bond acceptors (Lipinski definition) is 4. The fourth-order valence-electron chi connectivity index (χ4n) is 3.29. The third kappa shape index (κ3) is 7.49. The SMILES string of the molecule is CN=C(NCCOCc1ccccc1)NCc1ccccc1CN1CCOCC1. The Bertz CT molecular complexity index is 746. The summed E-state index contributed by atoms with van der Waals surface area (Å²) in [7, 11) is 1.79. The second-order valence-electron chi connectivity index (χ2n) is 7.05. The highest BCUT2D eigenvalue weighted by Gasteiger charge is 2.12. The molecule has 0 aromatic heterocycles. The third-order valence-electron chi connectivity index (χ3n) is 4.94. The molecule has 2 aromatic carbocycles. The molecule has 29 heavy (non-hydrogen) atoms. The van der Waals surface area contributed by atoms with Gasteiger partial charge in [0.2, 0.25) is 0 Å². The lowest BCUT2D eigenvalue weighted by atomic mass is 10.1. The van der Waals surface area contributed by atoms with Crippen LogP contribution in [0.4, 0.5) is 0 Å². The molecule has 156 valence electrons. The molecule has 6 heteroatoms. The van der Waals surface area contributed by atoms with Crippen LogP contribution in [0.1, 0.15) is 16.7 Å². The van der Waals surface area contributed by atoms with E-state index in [0.29, 0.717) is 19.8 Å². The Morgan fingerprint density at radius 1 is 1.00 bits per heavy atom. The van der Waals surface area contributed by atoms with E-state index in [4.69, 9.17) is 9.47 Å². The number of nitrogens with one attached hydrogen (secondary N) is 2. The van der Waals surface area contributed by atoms with Gasteiger partial charge in [-0.15, -0.1) is 0 Å². The first-order valence-electron chi connectivity index (χ1n) is 10.3. The Balaban J connectivity index is 1.40. The smallest absolute Gasteiger partial charge is 0.191 e. The summed E-state index contributed by atoms with van der Waals surface area (Å²) in [4.78, 5) is 6.76. The van der Waals surface area contributed by atoms with Crippen molar-refractivity contribution in [2.75, 3.05) is 46.5 Å². The molecule has 2 N–H and O–H groups in total.